The molecule has 5 heteroatoms. The molecule has 0 spiro atoms. The van der Waals surface area contributed by atoms with Crippen molar-refractivity contribution >= 4 is 0 Å². The number of aromatic amines is 1. The van der Waals surface area contributed by atoms with Crippen molar-refractivity contribution in [2.75, 3.05) is 0 Å². The van der Waals surface area contributed by atoms with E-state index in [1.807, 2.05) is 42.5 Å². The van der Waals surface area contributed by atoms with Gasteiger partial charge in [0.25, 0.3) is 11.5 Å². The number of aromatic nitrogens is 4. The van der Waals surface area contributed by atoms with Gasteiger partial charge >= 0.3 is 0 Å². The smallest absolute Gasteiger partial charge is 0.274 e. The van der Waals surface area contributed by atoms with Gasteiger partial charge in [0.15, 0.2) is 0 Å². The zero-order valence-corrected chi connectivity index (χ0v) is 12.8. The van der Waals surface area contributed by atoms with Crippen LogP contribution in [0.1, 0.15) is 0 Å². The van der Waals surface area contributed by atoms with E-state index in [4.69, 9.17) is 0 Å². The van der Waals surface area contributed by atoms with Gasteiger partial charge in [-0.3, -0.25) is 9.89 Å². The van der Waals surface area contributed by atoms with Crippen LogP contribution in [0.15, 0.2) is 83.9 Å². The Bertz CT molecular complexity index is 1000. The zero-order chi connectivity index (χ0) is 16.4. The summed E-state index contributed by atoms with van der Waals surface area (Å²) < 4.78 is 1.33. The first-order valence-corrected chi connectivity index (χ1v) is 7.56. The number of nitrogens with zero attached hydrogens (tertiary/aromatic N) is 3. The first-order chi connectivity index (χ1) is 11.8. The number of nitrogens with one attached hydrogen (secondary N) is 1. The normalized spacial score (nSPS) is 10.7. The number of rotatable bonds is 3. The minimum absolute atomic E-state index is 0.191. The maximum absolute atomic E-state index is 12.2. The Morgan fingerprint density at radius 2 is 1.38 bits per heavy atom. The van der Waals surface area contributed by atoms with E-state index in [1.165, 1.54) is 4.68 Å². The molecule has 0 aliphatic rings. The molecular formula is C19H14N4O. The first-order valence-electron chi connectivity index (χ1n) is 7.56. The van der Waals surface area contributed by atoms with E-state index in [0.29, 0.717) is 5.95 Å². The third-order valence-corrected chi connectivity index (χ3v) is 3.78. The van der Waals surface area contributed by atoms with Crippen molar-refractivity contribution in [3.8, 4) is 28.3 Å². The van der Waals surface area contributed by atoms with E-state index in [0.717, 1.165) is 22.4 Å². The van der Waals surface area contributed by atoms with Crippen LogP contribution in [0.3, 0.4) is 0 Å². The molecule has 5 nitrogen and oxygen atoms in total. The molecule has 0 unspecified atom stereocenters. The van der Waals surface area contributed by atoms with Crippen LogP contribution in [0.4, 0.5) is 0 Å². The van der Waals surface area contributed by atoms with E-state index >= 15 is 0 Å². The highest BCUT2D eigenvalue weighted by Crippen LogP contribution is 2.23. The maximum Gasteiger partial charge on any atom is 0.274 e. The Kier molecular flexibility index (Phi) is 3.51. The van der Waals surface area contributed by atoms with Crippen molar-refractivity contribution in [1.29, 1.82) is 0 Å². The zero-order valence-electron chi connectivity index (χ0n) is 12.8. The monoisotopic (exact) mass is 314 g/mol. The van der Waals surface area contributed by atoms with Gasteiger partial charge in [-0.2, -0.15) is 4.68 Å². The molecule has 1 N–H and O–H groups in total. The lowest BCUT2D eigenvalue weighted by Gasteiger charge is -2.03. The SMILES string of the molecule is O=c1cc(-c2ccc(-c3ccccc3)cc2)[nH]n1-c1ncccn1. The van der Waals surface area contributed by atoms with Gasteiger partial charge in [-0.1, -0.05) is 54.6 Å². The lowest BCUT2D eigenvalue weighted by molar-refractivity contribution is 0.786. The number of H-pyrrole nitrogens is 1. The molecule has 116 valence electrons. The van der Waals surface area contributed by atoms with Crippen LogP contribution in [-0.4, -0.2) is 19.7 Å². The molecule has 24 heavy (non-hydrogen) atoms. The summed E-state index contributed by atoms with van der Waals surface area (Å²) in [5.74, 6) is 0.328. The molecule has 4 rings (SSSR count). The van der Waals surface area contributed by atoms with Crippen LogP contribution in [0.2, 0.25) is 0 Å². The summed E-state index contributed by atoms with van der Waals surface area (Å²) in [5, 5.41) is 3.05. The van der Waals surface area contributed by atoms with Gasteiger partial charge in [-0.15, -0.1) is 0 Å². The highest BCUT2D eigenvalue weighted by Gasteiger charge is 2.08. The molecule has 0 aliphatic carbocycles. The minimum Gasteiger partial charge on any atom is -0.288 e. The summed E-state index contributed by atoms with van der Waals surface area (Å²) in [6, 6.07) is 21.5. The van der Waals surface area contributed by atoms with Crippen molar-refractivity contribution in [2.45, 2.75) is 0 Å². The molecule has 2 aromatic heterocycles. The highest BCUT2D eigenvalue weighted by molar-refractivity contribution is 5.68. The lowest BCUT2D eigenvalue weighted by atomic mass is 10.0. The summed E-state index contributed by atoms with van der Waals surface area (Å²) >= 11 is 0. The van der Waals surface area contributed by atoms with Crippen LogP contribution in [0.25, 0.3) is 28.3 Å². The second-order valence-electron chi connectivity index (χ2n) is 5.34. The molecular weight excluding hydrogens is 300 g/mol. The standard InChI is InChI=1S/C19H14N4O/c24-18-13-17(22-23(18)19-20-11-4-12-21-19)16-9-7-15(8-10-16)14-5-2-1-3-6-14/h1-13,22H. The maximum atomic E-state index is 12.2. The Morgan fingerprint density at radius 3 is 2.08 bits per heavy atom. The molecule has 0 radical (unpaired) electrons. The first kappa shape index (κ1) is 14.1. The predicted molar refractivity (Wildman–Crippen MR) is 92.9 cm³/mol. The van der Waals surface area contributed by atoms with Gasteiger partial charge in [-0.25, -0.2) is 9.97 Å². The second-order valence-corrected chi connectivity index (χ2v) is 5.34. The van der Waals surface area contributed by atoms with Gasteiger partial charge in [0.05, 0.1) is 5.69 Å². The van der Waals surface area contributed by atoms with E-state index in [-0.39, 0.29) is 5.56 Å². The molecule has 0 amide bonds. The van der Waals surface area contributed by atoms with Gasteiger partial charge in [0.2, 0.25) is 0 Å². The van der Waals surface area contributed by atoms with E-state index in [2.05, 4.69) is 27.2 Å². The second kappa shape index (κ2) is 5.96. The third kappa shape index (κ3) is 2.63. The highest BCUT2D eigenvalue weighted by atomic mass is 16.1. The Morgan fingerprint density at radius 1 is 0.750 bits per heavy atom. The van der Waals surface area contributed by atoms with E-state index in [1.54, 1.807) is 24.5 Å². The fraction of sp³-hybridized carbons (Fsp3) is 0. The summed E-state index contributed by atoms with van der Waals surface area (Å²) in [7, 11) is 0. The fourth-order valence-corrected chi connectivity index (χ4v) is 2.57. The van der Waals surface area contributed by atoms with Crippen molar-refractivity contribution in [1.82, 2.24) is 19.7 Å². The summed E-state index contributed by atoms with van der Waals surface area (Å²) in [5.41, 5.74) is 3.76. The molecule has 0 aliphatic heterocycles. The lowest BCUT2D eigenvalue weighted by Crippen LogP contribution is -2.15. The molecule has 0 atom stereocenters. The number of hydrogen-bond acceptors (Lipinski definition) is 3. The van der Waals surface area contributed by atoms with Gasteiger partial charge in [-0.05, 0) is 22.8 Å². The van der Waals surface area contributed by atoms with Crippen molar-refractivity contribution in [3.63, 3.8) is 0 Å². The van der Waals surface area contributed by atoms with Gasteiger partial charge < -0.3 is 0 Å². The van der Waals surface area contributed by atoms with Crippen molar-refractivity contribution in [2.24, 2.45) is 0 Å². The predicted octanol–water partition coefficient (Wildman–Crippen LogP) is 3.29. The third-order valence-electron chi connectivity index (χ3n) is 3.78. The average molecular weight is 314 g/mol. The Hall–Kier alpha value is -3.47. The van der Waals surface area contributed by atoms with Crippen LogP contribution in [-0.2, 0) is 0 Å². The average Bonchev–Trinajstić information content (AvgIpc) is 3.05. The van der Waals surface area contributed by atoms with Crippen molar-refractivity contribution < 1.29 is 0 Å². The molecule has 0 bridgehead atoms. The number of benzene rings is 2. The van der Waals surface area contributed by atoms with Crippen LogP contribution in [0.5, 0.6) is 0 Å². The molecule has 0 saturated carbocycles. The summed E-state index contributed by atoms with van der Waals surface area (Å²) in [6.07, 6.45) is 3.20. The topological polar surface area (TPSA) is 63.6 Å². The van der Waals surface area contributed by atoms with Crippen LogP contribution < -0.4 is 5.56 Å². The quantitative estimate of drug-likeness (QED) is 0.631. The van der Waals surface area contributed by atoms with Gasteiger partial charge in [0, 0.05) is 18.5 Å². The summed E-state index contributed by atoms with van der Waals surface area (Å²) in [6.45, 7) is 0. The molecule has 2 aromatic carbocycles. The number of hydrogen-bond donors (Lipinski definition) is 1. The van der Waals surface area contributed by atoms with Crippen LogP contribution >= 0.6 is 0 Å². The molecule has 4 aromatic rings. The largest absolute Gasteiger partial charge is 0.288 e. The fourth-order valence-electron chi connectivity index (χ4n) is 2.57. The summed E-state index contributed by atoms with van der Waals surface area (Å²) in [4.78, 5) is 20.3. The Balaban J connectivity index is 1.69. The van der Waals surface area contributed by atoms with E-state index < -0.39 is 0 Å². The minimum atomic E-state index is -0.191. The van der Waals surface area contributed by atoms with Crippen LogP contribution in [0, 0.1) is 0 Å². The Labute approximate surface area is 138 Å². The van der Waals surface area contributed by atoms with Gasteiger partial charge in [0.1, 0.15) is 0 Å². The van der Waals surface area contributed by atoms with Crippen molar-refractivity contribution in [3.05, 3.63) is 89.5 Å². The molecule has 2 heterocycles. The molecule has 0 fully saturated rings. The molecule has 0 saturated heterocycles. The van der Waals surface area contributed by atoms with E-state index in [9.17, 15) is 4.79 Å².